The number of ether oxygens (including phenoxy) is 3. The maximum atomic E-state index is 11.7. The number of carbonyl (C=O) groups excluding carboxylic acids is 2. The van der Waals surface area contributed by atoms with E-state index in [4.69, 9.17) is 14.2 Å². The van der Waals surface area contributed by atoms with Gasteiger partial charge in [-0.3, -0.25) is 0 Å². The lowest BCUT2D eigenvalue weighted by atomic mass is 10.2. The van der Waals surface area contributed by atoms with E-state index in [1.165, 1.54) is 6.08 Å². The van der Waals surface area contributed by atoms with E-state index in [0.717, 1.165) is 11.3 Å². The van der Waals surface area contributed by atoms with Crippen molar-refractivity contribution >= 4 is 11.9 Å². The summed E-state index contributed by atoms with van der Waals surface area (Å²) in [6, 6.07) is 7.64. The molecule has 0 unspecified atom stereocenters. The van der Waals surface area contributed by atoms with E-state index in [9.17, 15) is 9.59 Å². The van der Waals surface area contributed by atoms with Gasteiger partial charge < -0.3 is 19.5 Å². The molecule has 0 heterocycles. The Labute approximate surface area is 142 Å². The largest absolute Gasteiger partial charge is 0.497 e. The number of methoxy groups -OCH3 is 1. The molecule has 0 aliphatic heterocycles. The summed E-state index contributed by atoms with van der Waals surface area (Å²) in [4.78, 5) is 23.5. The molecule has 1 aromatic carbocycles. The zero-order valence-corrected chi connectivity index (χ0v) is 14.2. The van der Waals surface area contributed by atoms with Gasteiger partial charge in [0.1, 0.15) is 11.3 Å². The van der Waals surface area contributed by atoms with E-state index in [1.54, 1.807) is 33.2 Å². The highest BCUT2D eigenvalue weighted by Gasteiger charge is 2.19. The summed E-state index contributed by atoms with van der Waals surface area (Å²) in [6.45, 7) is 4.33. The molecule has 0 amide bonds. The molecule has 1 aromatic rings. The third kappa shape index (κ3) is 6.56. The maximum Gasteiger partial charge on any atom is 0.345 e. The van der Waals surface area contributed by atoms with E-state index in [-0.39, 0.29) is 18.8 Å². The molecule has 0 spiro atoms. The van der Waals surface area contributed by atoms with Crippen LogP contribution in [0, 0.1) is 0 Å². The van der Waals surface area contributed by atoms with E-state index < -0.39 is 11.9 Å². The van der Waals surface area contributed by atoms with Gasteiger partial charge in [-0.15, -0.1) is 0 Å². The molecule has 6 heteroatoms. The minimum atomic E-state index is -0.698. The lowest BCUT2D eigenvalue weighted by Crippen LogP contribution is -2.18. The number of allylic oxidation sites excluding steroid dienone is 2. The average molecular weight is 333 g/mol. The molecular weight excluding hydrogens is 310 g/mol. The lowest BCUT2D eigenvalue weighted by molar-refractivity contribution is -0.146. The number of nitrogens with one attached hydrogen (secondary N) is 1. The molecule has 1 rings (SSSR count). The van der Waals surface area contributed by atoms with Gasteiger partial charge in [0.15, 0.2) is 0 Å². The molecule has 0 aliphatic rings. The minimum absolute atomic E-state index is 0.138. The van der Waals surface area contributed by atoms with Gasteiger partial charge in [0, 0.05) is 6.54 Å². The van der Waals surface area contributed by atoms with Gasteiger partial charge in [-0.1, -0.05) is 12.1 Å². The van der Waals surface area contributed by atoms with Crippen molar-refractivity contribution in [1.29, 1.82) is 0 Å². The fourth-order valence-electron chi connectivity index (χ4n) is 1.77. The topological polar surface area (TPSA) is 73.9 Å². The fourth-order valence-corrected chi connectivity index (χ4v) is 1.77. The van der Waals surface area contributed by atoms with Crippen LogP contribution in [0.15, 0.2) is 48.2 Å². The molecular formula is C18H23NO5. The van der Waals surface area contributed by atoms with E-state index in [1.807, 2.05) is 24.3 Å². The second-order valence-corrected chi connectivity index (χ2v) is 4.61. The quantitative estimate of drug-likeness (QED) is 0.246. The van der Waals surface area contributed by atoms with E-state index in [0.29, 0.717) is 6.54 Å². The molecule has 0 saturated carbocycles. The number of hydrogen-bond acceptors (Lipinski definition) is 6. The molecule has 130 valence electrons. The highest BCUT2D eigenvalue weighted by Crippen LogP contribution is 2.10. The molecule has 0 saturated heterocycles. The van der Waals surface area contributed by atoms with Crippen LogP contribution in [0.25, 0.3) is 0 Å². The average Bonchev–Trinajstić information content (AvgIpc) is 2.58. The summed E-state index contributed by atoms with van der Waals surface area (Å²) in [5, 5.41) is 3.07. The summed E-state index contributed by atoms with van der Waals surface area (Å²) < 4.78 is 14.8. The summed E-state index contributed by atoms with van der Waals surface area (Å²) in [6.07, 6.45) is 4.58. The molecule has 24 heavy (non-hydrogen) atoms. The summed E-state index contributed by atoms with van der Waals surface area (Å²) in [5.41, 5.74) is 0.932. The van der Waals surface area contributed by atoms with Crippen molar-refractivity contribution in [2.45, 2.75) is 20.4 Å². The fraction of sp³-hybridized carbons (Fsp3) is 0.333. The predicted octanol–water partition coefficient (Wildman–Crippen LogP) is 2.35. The van der Waals surface area contributed by atoms with Crippen molar-refractivity contribution in [3.05, 3.63) is 53.8 Å². The Hall–Kier alpha value is -2.76. The van der Waals surface area contributed by atoms with E-state index >= 15 is 0 Å². The smallest absolute Gasteiger partial charge is 0.345 e. The molecule has 0 atom stereocenters. The van der Waals surface area contributed by atoms with E-state index in [2.05, 4.69) is 5.32 Å². The van der Waals surface area contributed by atoms with Gasteiger partial charge in [-0.25, -0.2) is 9.59 Å². The van der Waals surface area contributed by atoms with Crippen molar-refractivity contribution < 1.29 is 23.8 Å². The van der Waals surface area contributed by atoms with Crippen LogP contribution in [-0.2, 0) is 25.6 Å². The Kier molecular flexibility index (Phi) is 8.74. The molecule has 1 N–H and O–H groups in total. The van der Waals surface area contributed by atoms with Gasteiger partial charge in [0.25, 0.3) is 0 Å². The van der Waals surface area contributed by atoms with Crippen LogP contribution in [0.3, 0.4) is 0 Å². The molecule has 6 nitrogen and oxygen atoms in total. The number of rotatable bonds is 9. The second-order valence-electron chi connectivity index (χ2n) is 4.61. The summed E-state index contributed by atoms with van der Waals surface area (Å²) >= 11 is 0. The van der Waals surface area contributed by atoms with Crippen molar-refractivity contribution in [3.8, 4) is 5.75 Å². The van der Waals surface area contributed by atoms with Crippen molar-refractivity contribution in [1.82, 2.24) is 5.32 Å². The van der Waals surface area contributed by atoms with Crippen molar-refractivity contribution in [3.63, 3.8) is 0 Å². The Morgan fingerprint density at radius 2 is 1.62 bits per heavy atom. The Bertz CT molecular complexity index is 570. The van der Waals surface area contributed by atoms with Crippen LogP contribution < -0.4 is 10.1 Å². The molecule has 0 bridgehead atoms. The first-order valence-corrected chi connectivity index (χ1v) is 7.69. The van der Waals surface area contributed by atoms with Crippen molar-refractivity contribution in [2.75, 3.05) is 20.3 Å². The van der Waals surface area contributed by atoms with Gasteiger partial charge in [0.2, 0.25) is 0 Å². The number of benzene rings is 1. The van der Waals surface area contributed by atoms with Crippen LogP contribution in [0.5, 0.6) is 5.75 Å². The Morgan fingerprint density at radius 1 is 1.04 bits per heavy atom. The van der Waals surface area contributed by atoms with Crippen molar-refractivity contribution in [2.24, 2.45) is 0 Å². The summed E-state index contributed by atoms with van der Waals surface area (Å²) in [7, 11) is 1.62. The lowest BCUT2D eigenvalue weighted by Gasteiger charge is -2.05. The Balaban J connectivity index is 2.61. The van der Waals surface area contributed by atoms with Crippen LogP contribution in [-0.4, -0.2) is 32.3 Å². The first-order valence-electron chi connectivity index (χ1n) is 7.69. The second kappa shape index (κ2) is 10.9. The molecule has 0 aromatic heterocycles. The summed E-state index contributed by atoms with van der Waals surface area (Å²) in [5.74, 6) is -0.600. The highest BCUT2D eigenvalue weighted by molar-refractivity contribution is 6.14. The molecule has 0 radical (unpaired) electrons. The monoisotopic (exact) mass is 333 g/mol. The third-order valence-electron chi connectivity index (χ3n) is 2.93. The first-order chi connectivity index (χ1) is 11.6. The maximum absolute atomic E-state index is 11.7. The number of hydrogen-bond donors (Lipinski definition) is 1. The SMILES string of the molecule is CCOC(=O)C(=CC=CNCc1ccc(OC)cc1)C(=O)OCC. The third-order valence-corrected chi connectivity index (χ3v) is 2.93. The predicted molar refractivity (Wildman–Crippen MR) is 90.3 cm³/mol. The van der Waals surface area contributed by atoms with Gasteiger partial charge >= 0.3 is 11.9 Å². The van der Waals surface area contributed by atoms with Gasteiger partial charge in [-0.2, -0.15) is 0 Å². The van der Waals surface area contributed by atoms with Crippen LogP contribution in [0.4, 0.5) is 0 Å². The first kappa shape index (κ1) is 19.3. The van der Waals surface area contributed by atoms with Gasteiger partial charge in [-0.05, 0) is 49.9 Å². The standard InChI is InChI=1S/C18H23NO5/c1-4-23-17(20)16(18(21)24-5-2)7-6-12-19-13-14-8-10-15(22-3)11-9-14/h6-12,19H,4-5,13H2,1-3H3. The number of esters is 2. The molecule has 0 fully saturated rings. The van der Waals surface area contributed by atoms with Gasteiger partial charge in [0.05, 0.1) is 20.3 Å². The van der Waals surface area contributed by atoms with Crippen LogP contribution >= 0.6 is 0 Å². The Morgan fingerprint density at radius 3 is 2.12 bits per heavy atom. The zero-order chi connectivity index (χ0) is 17.8. The van der Waals surface area contributed by atoms with Crippen LogP contribution in [0.2, 0.25) is 0 Å². The normalized spacial score (nSPS) is 10.1. The van der Waals surface area contributed by atoms with Crippen LogP contribution in [0.1, 0.15) is 19.4 Å². The molecule has 0 aliphatic carbocycles. The zero-order valence-electron chi connectivity index (χ0n) is 14.2. The highest BCUT2D eigenvalue weighted by atomic mass is 16.6. The number of carbonyl (C=O) groups is 2. The minimum Gasteiger partial charge on any atom is -0.497 e.